The number of anilines is 1. The number of thiazole rings is 1. The summed E-state index contributed by atoms with van der Waals surface area (Å²) in [6.45, 7) is 0. The Kier molecular flexibility index (Phi) is 2.50. The summed E-state index contributed by atoms with van der Waals surface area (Å²) in [4.78, 5) is 4.56. The molecule has 3 aromatic rings. The number of halogens is 1. The van der Waals surface area contributed by atoms with Crippen molar-refractivity contribution in [3.05, 3.63) is 47.5 Å². The highest BCUT2D eigenvalue weighted by molar-refractivity contribution is 7.21. The second kappa shape index (κ2) is 4.02. The van der Waals surface area contributed by atoms with Crippen molar-refractivity contribution in [2.75, 3.05) is 5.73 Å². The van der Waals surface area contributed by atoms with Crippen LogP contribution in [0.25, 0.3) is 20.8 Å². The van der Waals surface area contributed by atoms with Crippen LogP contribution in [-0.2, 0) is 0 Å². The van der Waals surface area contributed by atoms with E-state index in [0.717, 1.165) is 20.8 Å². The Hall–Kier alpha value is -1.58. The molecule has 0 fully saturated rings. The average molecular weight is 261 g/mol. The summed E-state index contributed by atoms with van der Waals surface area (Å²) in [6.07, 6.45) is 0. The molecule has 0 saturated carbocycles. The zero-order chi connectivity index (χ0) is 11.8. The Morgan fingerprint density at radius 1 is 1.06 bits per heavy atom. The molecule has 0 unspecified atom stereocenters. The second-order valence-electron chi connectivity index (χ2n) is 3.69. The van der Waals surface area contributed by atoms with Gasteiger partial charge < -0.3 is 5.73 Å². The third-order valence-corrected chi connectivity index (χ3v) is 3.98. The minimum Gasteiger partial charge on any atom is -0.397 e. The van der Waals surface area contributed by atoms with Crippen LogP contribution in [0, 0.1) is 0 Å². The van der Waals surface area contributed by atoms with Crippen molar-refractivity contribution in [2.24, 2.45) is 0 Å². The molecule has 2 aromatic carbocycles. The van der Waals surface area contributed by atoms with Gasteiger partial charge in [0.2, 0.25) is 0 Å². The molecule has 1 aromatic heterocycles. The largest absolute Gasteiger partial charge is 0.397 e. The van der Waals surface area contributed by atoms with Gasteiger partial charge in [0.05, 0.1) is 20.9 Å². The maximum absolute atomic E-state index is 6.01. The van der Waals surface area contributed by atoms with Crippen molar-refractivity contribution < 1.29 is 0 Å². The van der Waals surface area contributed by atoms with E-state index >= 15 is 0 Å². The monoisotopic (exact) mass is 260 g/mol. The third-order valence-electron chi connectivity index (χ3n) is 2.58. The molecule has 0 radical (unpaired) electrons. The van der Waals surface area contributed by atoms with Crippen LogP contribution in [0.3, 0.4) is 0 Å². The molecule has 84 valence electrons. The molecule has 4 heteroatoms. The van der Waals surface area contributed by atoms with Crippen LogP contribution in [0.4, 0.5) is 5.69 Å². The maximum atomic E-state index is 6.01. The lowest BCUT2D eigenvalue weighted by atomic mass is 10.2. The number of nitrogens with two attached hydrogens (primary N) is 1. The molecule has 0 spiro atoms. The van der Waals surface area contributed by atoms with Crippen molar-refractivity contribution in [3.8, 4) is 10.6 Å². The number of benzene rings is 2. The first-order chi connectivity index (χ1) is 8.25. The lowest BCUT2D eigenvalue weighted by Gasteiger charge is -2.02. The van der Waals surface area contributed by atoms with E-state index in [4.69, 9.17) is 17.3 Å². The van der Waals surface area contributed by atoms with Crippen molar-refractivity contribution in [2.45, 2.75) is 0 Å². The quantitative estimate of drug-likeness (QED) is 0.666. The Labute approximate surface area is 108 Å². The van der Waals surface area contributed by atoms with Gasteiger partial charge in [-0.15, -0.1) is 11.3 Å². The Morgan fingerprint density at radius 2 is 1.88 bits per heavy atom. The molecule has 0 aliphatic carbocycles. The highest BCUT2D eigenvalue weighted by Crippen LogP contribution is 2.35. The van der Waals surface area contributed by atoms with Gasteiger partial charge >= 0.3 is 0 Å². The smallest absolute Gasteiger partial charge is 0.126 e. The lowest BCUT2D eigenvalue weighted by Crippen LogP contribution is -1.90. The first kappa shape index (κ1) is 10.6. The minimum absolute atomic E-state index is 0.571. The second-order valence-corrected chi connectivity index (χ2v) is 5.13. The normalized spacial score (nSPS) is 10.9. The van der Waals surface area contributed by atoms with Gasteiger partial charge in [0.15, 0.2) is 0 Å². The van der Waals surface area contributed by atoms with Gasteiger partial charge in [0.1, 0.15) is 5.01 Å². The molecule has 0 bridgehead atoms. The number of para-hydroxylation sites is 2. The highest BCUT2D eigenvalue weighted by atomic mass is 35.5. The molecular formula is C13H9ClN2S. The zero-order valence-corrected chi connectivity index (χ0v) is 10.4. The molecule has 0 atom stereocenters. The molecule has 2 nitrogen and oxygen atoms in total. The fourth-order valence-electron chi connectivity index (χ4n) is 1.71. The van der Waals surface area contributed by atoms with Crippen molar-refractivity contribution in [1.29, 1.82) is 0 Å². The van der Waals surface area contributed by atoms with Crippen LogP contribution in [-0.4, -0.2) is 4.98 Å². The fourth-order valence-corrected chi connectivity index (χ4v) is 2.89. The third kappa shape index (κ3) is 1.77. The number of aromatic nitrogens is 1. The molecule has 0 saturated heterocycles. The van der Waals surface area contributed by atoms with Gasteiger partial charge in [-0.3, -0.25) is 0 Å². The SMILES string of the molecule is Nc1c(Cl)cccc1-c1nc2ccccc2s1. The summed E-state index contributed by atoms with van der Waals surface area (Å²) in [6, 6.07) is 13.7. The lowest BCUT2D eigenvalue weighted by molar-refractivity contribution is 1.48. The fraction of sp³-hybridized carbons (Fsp3) is 0. The number of fused-ring (bicyclic) bond motifs is 1. The predicted molar refractivity (Wildman–Crippen MR) is 74.5 cm³/mol. The van der Waals surface area contributed by atoms with E-state index in [-0.39, 0.29) is 0 Å². The molecule has 0 aliphatic heterocycles. The standard InChI is InChI=1S/C13H9ClN2S/c14-9-5-3-4-8(12(9)15)13-16-10-6-1-2-7-11(10)17-13/h1-7H,15H2. The van der Waals surface area contributed by atoms with E-state index in [2.05, 4.69) is 11.1 Å². The van der Waals surface area contributed by atoms with Crippen molar-refractivity contribution in [1.82, 2.24) is 4.98 Å². The summed E-state index contributed by atoms with van der Waals surface area (Å²) >= 11 is 7.64. The molecule has 17 heavy (non-hydrogen) atoms. The highest BCUT2D eigenvalue weighted by Gasteiger charge is 2.10. The summed E-state index contributed by atoms with van der Waals surface area (Å²) in [5, 5.41) is 1.48. The zero-order valence-electron chi connectivity index (χ0n) is 8.85. The van der Waals surface area contributed by atoms with Gasteiger partial charge in [0, 0.05) is 5.56 Å². The van der Waals surface area contributed by atoms with Crippen LogP contribution in [0.2, 0.25) is 5.02 Å². The van der Waals surface area contributed by atoms with E-state index < -0.39 is 0 Å². The van der Waals surface area contributed by atoms with E-state index in [1.807, 2.05) is 30.3 Å². The van der Waals surface area contributed by atoms with Gasteiger partial charge in [-0.25, -0.2) is 4.98 Å². The number of nitrogen functional groups attached to an aromatic ring is 1. The first-order valence-electron chi connectivity index (χ1n) is 5.15. The average Bonchev–Trinajstić information content (AvgIpc) is 2.76. The van der Waals surface area contributed by atoms with Crippen LogP contribution in [0.1, 0.15) is 0 Å². The van der Waals surface area contributed by atoms with E-state index in [1.54, 1.807) is 17.4 Å². The van der Waals surface area contributed by atoms with Crippen LogP contribution in [0.5, 0.6) is 0 Å². The summed E-state index contributed by atoms with van der Waals surface area (Å²) in [5.74, 6) is 0. The molecule has 0 aliphatic rings. The van der Waals surface area contributed by atoms with Crippen LogP contribution >= 0.6 is 22.9 Å². The molecule has 0 amide bonds. The van der Waals surface area contributed by atoms with E-state index in [9.17, 15) is 0 Å². The number of hydrogen-bond donors (Lipinski definition) is 1. The maximum Gasteiger partial charge on any atom is 0.126 e. The summed E-state index contributed by atoms with van der Waals surface area (Å²) in [7, 11) is 0. The Morgan fingerprint density at radius 3 is 2.71 bits per heavy atom. The van der Waals surface area contributed by atoms with Crippen LogP contribution in [0.15, 0.2) is 42.5 Å². The minimum atomic E-state index is 0.571. The van der Waals surface area contributed by atoms with Crippen molar-refractivity contribution in [3.63, 3.8) is 0 Å². The van der Waals surface area contributed by atoms with E-state index in [0.29, 0.717) is 10.7 Å². The topological polar surface area (TPSA) is 38.9 Å². The number of hydrogen-bond acceptors (Lipinski definition) is 3. The predicted octanol–water partition coefficient (Wildman–Crippen LogP) is 4.20. The van der Waals surface area contributed by atoms with Gasteiger partial charge in [-0.1, -0.05) is 29.8 Å². The summed E-state index contributed by atoms with van der Waals surface area (Å²) < 4.78 is 1.15. The molecule has 2 N–H and O–H groups in total. The number of nitrogens with zero attached hydrogens (tertiary/aromatic N) is 1. The first-order valence-corrected chi connectivity index (χ1v) is 6.35. The van der Waals surface area contributed by atoms with Crippen LogP contribution < -0.4 is 5.73 Å². The summed E-state index contributed by atoms with van der Waals surface area (Å²) in [5.41, 5.74) is 8.46. The van der Waals surface area contributed by atoms with Gasteiger partial charge in [-0.05, 0) is 24.3 Å². The number of rotatable bonds is 1. The molecule has 1 heterocycles. The Bertz CT molecular complexity index is 658. The Balaban J connectivity index is 2.24. The molecular weight excluding hydrogens is 252 g/mol. The van der Waals surface area contributed by atoms with Crippen molar-refractivity contribution >= 4 is 38.8 Å². The van der Waals surface area contributed by atoms with Gasteiger partial charge in [0.25, 0.3) is 0 Å². The van der Waals surface area contributed by atoms with Gasteiger partial charge in [-0.2, -0.15) is 0 Å². The molecule has 3 rings (SSSR count). The van der Waals surface area contributed by atoms with E-state index in [1.165, 1.54) is 0 Å².